The lowest BCUT2D eigenvalue weighted by molar-refractivity contribution is 0.0350. The first-order valence-corrected chi connectivity index (χ1v) is 9.37. The van der Waals surface area contributed by atoms with Crippen LogP contribution in [-0.2, 0) is 19.5 Å². The van der Waals surface area contributed by atoms with E-state index >= 15 is 0 Å². The number of nitrogens with one attached hydrogen (secondary N) is 1. The summed E-state index contributed by atoms with van der Waals surface area (Å²) in [6.07, 6.45) is 1.77. The summed E-state index contributed by atoms with van der Waals surface area (Å²) < 4.78 is 37.0. The van der Waals surface area contributed by atoms with E-state index in [1.54, 1.807) is 24.1 Å². The quantitative estimate of drug-likeness (QED) is 0.733. The van der Waals surface area contributed by atoms with Gasteiger partial charge < -0.3 is 14.4 Å². The maximum atomic E-state index is 12.6. The Morgan fingerprint density at radius 1 is 1.29 bits per heavy atom. The minimum atomic E-state index is -3.65. The van der Waals surface area contributed by atoms with E-state index in [1.807, 2.05) is 0 Å². The molecule has 1 heterocycles. The highest BCUT2D eigenvalue weighted by Gasteiger charge is 2.24. The van der Waals surface area contributed by atoms with Crippen LogP contribution in [-0.4, -0.2) is 65.8 Å². The normalized spacial score (nSPS) is 16.3. The van der Waals surface area contributed by atoms with E-state index in [0.717, 1.165) is 12.8 Å². The first-order valence-electron chi connectivity index (χ1n) is 7.88. The van der Waals surface area contributed by atoms with E-state index < -0.39 is 10.0 Å². The molecule has 0 atom stereocenters. The fraction of sp³-hybridized carbons (Fsp3) is 0.562. The highest BCUT2D eigenvalue weighted by atomic mass is 32.2. The zero-order chi connectivity index (χ0) is 17.6. The third-order valence-electron chi connectivity index (χ3n) is 4.05. The van der Waals surface area contributed by atoms with Crippen molar-refractivity contribution >= 4 is 15.9 Å². The minimum absolute atomic E-state index is 0.0798. The molecule has 1 aromatic rings. The van der Waals surface area contributed by atoms with E-state index in [0.29, 0.717) is 18.7 Å². The first-order chi connectivity index (χ1) is 11.5. The molecule has 0 unspecified atom stereocenters. The summed E-state index contributed by atoms with van der Waals surface area (Å²) in [6.45, 7) is 1.69. The Kier molecular flexibility index (Phi) is 6.73. The van der Waals surface area contributed by atoms with Crippen LogP contribution in [0.5, 0.6) is 0 Å². The lowest BCUT2D eigenvalue weighted by Gasteiger charge is -2.31. The van der Waals surface area contributed by atoms with Gasteiger partial charge in [-0.2, -0.15) is 0 Å². The second kappa shape index (κ2) is 8.57. The van der Waals surface area contributed by atoms with E-state index in [9.17, 15) is 13.2 Å². The molecule has 134 valence electrons. The van der Waals surface area contributed by atoms with Crippen molar-refractivity contribution in [2.24, 2.45) is 0 Å². The molecule has 0 aliphatic carbocycles. The first kappa shape index (κ1) is 18.9. The molecule has 1 aliphatic heterocycles. The smallest absolute Gasteiger partial charge is 0.253 e. The van der Waals surface area contributed by atoms with Crippen molar-refractivity contribution in [2.45, 2.75) is 23.8 Å². The molecular weight excluding hydrogens is 332 g/mol. The van der Waals surface area contributed by atoms with E-state index in [-0.39, 0.29) is 30.1 Å². The Bertz CT molecular complexity index is 654. The second-order valence-electron chi connectivity index (χ2n) is 5.65. The van der Waals surface area contributed by atoms with Gasteiger partial charge in [-0.05, 0) is 31.0 Å². The third-order valence-corrected chi connectivity index (χ3v) is 5.51. The summed E-state index contributed by atoms with van der Waals surface area (Å²) in [6, 6.07) is 6.11. The number of carbonyl (C=O) groups is 1. The summed E-state index contributed by atoms with van der Waals surface area (Å²) >= 11 is 0. The molecule has 0 saturated carbocycles. The highest BCUT2D eigenvalue weighted by Crippen LogP contribution is 2.18. The van der Waals surface area contributed by atoms with Crippen molar-refractivity contribution in [3.8, 4) is 0 Å². The number of amides is 1. The van der Waals surface area contributed by atoms with Crippen molar-refractivity contribution < 1.29 is 22.7 Å². The number of rotatable bonds is 7. The molecule has 2 rings (SSSR count). The zero-order valence-electron chi connectivity index (χ0n) is 14.0. The Labute approximate surface area is 143 Å². The van der Waals surface area contributed by atoms with Crippen LogP contribution in [0.3, 0.4) is 0 Å². The number of likely N-dealkylation sites (tertiary alicyclic amines) is 1. The predicted molar refractivity (Wildman–Crippen MR) is 89.4 cm³/mol. The SMILES string of the molecule is COCCNS(=O)(=O)c1cccc(C(=O)N2CCC(OC)CC2)c1. The summed E-state index contributed by atoms with van der Waals surface area (Å²) in [4.78, 5) is 14.4. The topological polar surface area (TPSA) is 84.9 Å². The molecule has 7 nitrogen and oxygen atoms in total. The van der Waals surface area contributed by atoms with Gasteiger partial charge in [-0.1, -0.05) is 6.07 Å². The maximum absolute atomic E-state index is 12.6. The number of ether oxygens (including phenoxy) is 2. The zero-order valence-corrected chi connectivity index (χ0v) is 14.8. The van der Waals surface area contributed by atoms with Gasteiger partial charge in [0.1, 0.15) is 0 Å². The molecule has 1 fully saturated rings. The van der Waals surface area contributed by atoms with Crippen molar-refractivity contribution in [1.82, 2.24) is 9.62 Å². The minimum Gasteiger partial charge on any atom is -0.383 e. The van der Waals surface area contributed by atoms with Crippen molar-refractivity contribution in [3.05, 3.63) is 29.8 Å². The van der Waals surface area contributed by atoms with Gasteiger partial charge >= 0.3 is 0 Å². The molecule has 1 aromatic carbocycles. The number of methoxy groups -OCH3 is 2. The monoisotopic (exact) mass is 356 g/mol. The molecule has 8 heteroatoms. The molecule has 0 bridgehead atoms. The van der Waals surface area contributed by atoms with Gasteiger partial charge in [0.25, 0.3) is 5.91 Å². The van der Waals surface area contributed by atoms with Gasteiger partial charge in [-0.15, -0.1) is 0 Å². The van der Waals surface area contributed by atoms with Crippen molar-refractivity contribution in [2.75, 3.05) is 40.5 Å². The lowest BCUT2D eigenvalue weighted by Crippen LogP contribution is -2.40. The van der Waals surface area contributed by atoms with Gasteiger partial charge in [0, 0.05) is 39.4 Å². The molecule has 0 aromatic heterocycles. The molecule has 0 spiro atoms. The number of sulfonamides is 1. The molecule has 1 N–H and O–H groups in total. The average Bonchev–Trinajstić information content (AvgIpc) is 2.61. The van der Waals surface area contributed by atoms with Gasteiger partial charge in [-0.3, -0.25) is 4.79 Å². The van der Waals surface area contributed by atoms with Crippen LogP contribution in [0, 0.1) is 0 Å². The van der Waals surface area contributed by atoms with Gasteiger partial charge in [0.05, 0.1) is 17.6 Å². The van der Waals surface area contributed by atoms with Gasteiger partial charge in [-0.25, -0.2) is 13.1 Å². The molecule has 0 radical (unpaired) electrons. The van der Waals surface area contributed by atoms with E-state index in [2.05, 4.69) is 4.72 Å². The number of piperidine rings is 1. The van der Waals surface area contributed by atoms with Crippen LogP contribution in [0.4, 0.5) is 0 Å². The third kappa shape index (κ3) is 4.76. The Balaban J connectivity index is 2.08. The summed E-state index contributed by atoms with van der Waals surface area (Å²) in [5.74, 6) is -0.154. The molecule has 1 amide bonds. The van der Waals surface area contributed by atoms with Crippen LogP contribution >= 0.6 is 0 Å². The standard InChI is InChI=1S/C16H24N2O5S/c1-22-11-8-17-24(20,21)15-5-3-4-13(12-15)16(19)18-9-6-14(23-2)7-10-18/h3-5,12,14,17H,6-11H2,1-2H3. The number of hydrogen-bond donors (Lipinski definition) is 1. The van der Waals surface area contributed by atoms with Crippen LogP contribution in [0.2, 0.25) is 0 Å². The summed E-state index contributed by atoms with van der Waals surface area (Å²) in [5.41, 5.74) is 0.375. The van der Waals surface area contributed by atoms with E-state index in [4.69, 9.17) is 9.47 Å². The average molecular weight is 356 g/mol. The van der Waals surface area contributed by atoms with Crippen molar-refractivity contribution in [1.29, 1.82) is 0 Å². The summed E-state index contributed by atoms with van der Waals surface area (Å²) in [5, 5.41) is 0. The van der Waals surface area contributed by atoms with Gasteiger partial charge in [0.15, 0.2) is 0 Å². The molecule has 24 heavy (non-hydrogen) atoms. The maximum Gasteiger partial charge on any atom is 0.253 e. The predicted octanol–water partition coefficient (Wildman–Crippen LogP) is 0.862. The number of carbonyl (C=O) groups excluding carboxylic acids is 1. The number of nitrogens with zero attached hydrogens (tertiary/aromatic N) is 1. The molecule has 1 saturated heterocycles. The van der Waals surface area contributed by atoms with Crippen LogP contribution in [0.15, 0.2) is 29.2 Å². The van der Waals surface area contributed by atoms with Crippen LogP contribution < -0.4 is 4.72 Å². The van der Waals surface area contributed by atoms with Gasteiger partial charge in [0.2, 0.25) is 10.0 Å². The molecular formula is C16H24N2O5S. The van der Waals surface area contributed by atoms with E-state index in [1.165, 1.54) is 19.2 Å². The highest BCUT2D eigenvalue weighted by molar-refractivity contribution is 7.89. The lowest BCUT2D eigenvalue weighted by atomic mass is 10.1. The van der Waals surface area contributed by atoms with Crippen LogP contribution in [0.1, 0.15) is 23.2 Å². The Morgan fingerprint density at radius 2 is 2.00 bits per heavy atom. The number of benzene rings is 1. The fourth-order valence-corrected chi connectivity index (χ4v) is 3.69. The fourth-order valence-electron chi connectivity index (χ4n) is 2.63. The second-order valence-corrected chi connectivity index (χ2v) is 7.41. The molecule has 1 aliphatic rings. The van der Waals surface area contributed by atoms with Crippen molar-refractivity contribution in [3.63, 3.8) is 0 Å². The Morgan fingerprint density at radius 3 is 2.62 bits per heavy atom. The Hall–Kier alpha value is -1.48. The largest absolute Gasteiger partial charge is 0.383 e. The number of hydrogen-bond acceptors (Lipinski definition) is 5. The van der Waals surface area contributed by atoms with Crippen LogP contribution in [0.25, 0.3) is 0 Å². The summed E-state index contributed by atoms with van der Waals surface area (Å²) in [7, 11) is -0.479.